The van der Waals surface area contributed by atoms with Crippen LogP contribution in [0.3, 0.4) is 0 Å². The fraction of sp³-hybridized carbons (Fsp3) is 0.285. The van der Waals surface area contributed by atoms with E-state index in [2.05, 4.69) is 54.7 Å². The molecule has 0 saturated carbocycles. The highest BCUT2D eigenvalue weighted by molar-refractivity contribution is 6.31. The Bertz CT molecular complexity index is 7210. The Kier molecular flexibility index (Phi) is 30.3. The predicted molar refractivity (Wildman–Crippen MR) is 577 cm³/mol. The van der Waals surface area contributed by atoms with Crippen LogP contribution < -0.4 is 0 Å². The van der Waals surface area contributed by atoms with E-state index in [9.17, 15) is 28.4 Å². The number of ketones is 5. The summed E-state index contributed by atoms with van der Waals surface area (Å²) in [7, 11) is 0. The normalized spacial score (nSPS) is 15.7. The predicted octanol–water partition coefficient (Wildman–Crippen LogP) is 29.7. The van der Waals surface area contributed by atoms with Gasteiger partial charge in [0.25, 0.3) is 0 Å². The van der Waals surface area contributed by atoms with Crippen LogP contribution in [0.5, 0.6) is 0 Å². The summed E-state index contributed by atoms with van der Waals surface area (Å²) >= 11 is 12.2. The molecule has 0 amide bonds. The van der Waals surface area contributed by atoms with E-state index in [-0.39, 0.29) is 66.8 Å². The first-order valence-electron chi connectivity index (χ1n) is 49.0. The molecule has 0 saturated heterocycles. The summed E-state index contributed by atoms with van der Waals surface area (Å²) in [6.07, 6.45) is 6.75. The van der Waals surface area contributed by atoms with Gasteiger partial charge in [-0.3, -0.25) is 48.9 Å². The number of aliphatic imine (C=N–C) groups is 5. The van der Waals surface area contributed by atoms with E-state index < -0.39 is 57.3 Å². The third-order valence-corrected chi connectivity index (χ3v) is 27.2. The minimum absolute atomic E-state index is 0.0932. The Morgan fingerprint density at radius 3 is 0.673 bits per heavy atom. The highest BCUT2D eigenvalue weighted by Crippen LogP contribution is 2.50. The summed E-state index contributed by atoms with van der Waals surface area (Å²) < 4.78 is 42.1. The molecule has 0 aliphatic carbocycles. The number of hydrogen-bond acceptors (Lipinski definition) is 20. The van der Waals surface area contributed by atoms with Gasteiger partial charge in [-0.1, -0.05) is 341 Å². The molecule has 5 aliphatic heterocycles. The van der Waals surface area contributed by atoms with Crippen molar-refractivity contribution in [1.82, 2.24) is 25.8 Å². The van der Waals surface area contributed by atoms with Crippen molar-refractivity contribution < 1.29 is 51.0 Å². The van der Waals surface area contributed by atoms with Gasteiger partial charge in [0.1, 0.15) is 64.9 Å². The van der Waals surface area contributed by atoms with E-state index in [0.29, 0.717) is 44.5 Å². The largest absolute Gasteiger partial charge is 0.358 e. The molecule has 0 unspecified atom stereocenters. The van der Waals surface area contributed by atoms with Crippen LogP contribution in [0.4, 0.5) is 10.1 Å². The van der Waals surface area contributed by atoms with Crippen molar-refractivity contribution in [2.24, 2.45) is 52.0 Å². The van der Waals surface area contributed by atoms with E-state index in [4.69, 9.17) is 83.8 Å². The zero-order valence-corrected chi connectivity index (χ0v) is 87.7. The first-order valence-corrected chi connectivity index (χ1v) is 49.8. The molecule has 10 heterocycles. The minimum atomic E-state index is -0.495. The fourth-order valence-corrected chi connectivity index (χ4v) is 18.4. The zero-order valence-electron chi connectivity index (χ0n) is 86.2. The summed E-state index contributed by atoms with van der Waals surface area (Å²) in [4.78, 5) is 93.0. The van der Waals surface area contributed by atoms with Crippen LogP contribution in [0.15, 0.2) is 290 Å². The van der Waals surface area contributed by atoms with E-state index in [1.807, 2.05) is 327 Å². The van der Waals surface area contributed by atoms with Crippen molar-refractivity contribution in [3.05, 3.63) is 388 Å². The number of fused-ring (bicyclic) bond motifs is 15. The van der Waals surface area contributed by atoms with E-state index in [1.165, 1.54) is 12.1 Å². The number of carbonyl (C=O) groups is 5. The van der Waals surface area contributed by atoms with Gasteiger partial charge in [0, 0.05) is 125 Å². The van der Waals surface area contributed by atoms with Crippen LogP contribution in [0.2, 0.25) is 10.0 Å². The summed E-state index contributed by atoms with van der Waals surface area (Å²) in [5.74, 6) is 6.13. The second-order valence-corrected chi connectivity index (χ2v) is 43.4. The Morgan fingerprint density at radius 2 is 0.483 bits per heavy atom. The molecule has 0 N–H and O–H groups in total. The quantitative estimate of drug-likeness (QED) is 0.0681. The summed E-state index contributed by atoms with van der Waals surface area (Å²) in [5.41, 5.74) is 26.0. The highest BCUT2D eigenvalue weighted by Gasteiger charge is 2.42. The summed E-state index contributed by atoms with van der Waals surface area (Å²) in [6.45, 7) is 45.6. The van der Waals surface area contributed by atoms with Crippen LogP contribution >= 0.6 is 23.2 Å². The lowest BCUT2D eigenvalue weighted by molar-refractivity contribution is -0.127. The Hall–Kier alpha value is -15.5. The molecule has 24 heteroatoms. The van der Waals surface area contributed by atoms with Gasteiger partial charge in [-0.2, -0.15) is 0 Å². The van der Waals surface area contributed by atoms with Gasteiger partial charge in [0.05, 0.1) is 91.4 Å². The van der Waals surface area contributed by atoms with Gasteiger partial charge >= 0.3 is 0 Å². The Morgan fingerprint density at radius 1 is 0.299 bits per heavy atom. The van der Waals surface area contributed by atoms with Gasteiger partial charge < -0.3 is 22.6 Å². The number of rotatable bonds is 15. The highest BCUT2D eigenvalue weighted by atomic mass is 35.5. The first-order chi connectivity index (χ1) is 69.8. The third-order valence-electron chi connectivity index (χ3n) is 26.7. The lowest BCUT2D eigenvalue weighted by atomic mass is 9.86. The van der Waals surface area contributed by atoms with E-state index in [1.54, 1.807) is 24.3 Å². The van der Waals surface area contributed by atoms with Gasteiger partial charge in [-0.15, -0.1) is 6.42 Å². The lowest BCUT2D eigenvalue weighted by Crippen LogP contribution is -2.22. The molecule has 0 spiro atoms. The molecule has 10 aromatic carbocycles. The summed E-state index contributed by atoms with van der Waals surface area (Å²) in [5, 5.41) is 22.3. The molecule has 5 aromatic heterocycles. The lowest BCUT2D eigenvalue weighted by Gasteiger charge is -2.19. The second kappa shape index (κ2) is 42.7. The average Bonchev–Trinajstić information content (AvgIpc) is 1.62. The number of nitrogens with zero attached hydrogens (tertiary/aromatic N) is 11. The molecule has 5 aliphatic rings. The first kappa shape index (κ1) is 104. The van der Waals surface area contributed by atoms with Crippen molar-refractivity contribution >= 4 is 86.4 Å². The maximum absolute atomic E-state index is 13.5. The molecule has 21 nitrogen and oxygen atoms in total. The number of hydrogen-bond donors (Lipinski definition) is 0. The third kappa shape index (κ3) is 22.6. The van der Waals surface area contributed by atoms with Crippen LogP contribution in [-0.2, 0) is 24.0 Å². The molecule has 15 aromatic rings. The number of carbonyl (C=O) groups excluding carboxylic acids is 5. The molecule has 147 heavy (non-hydrogen) atoms. The molecule has 5 atom stereocenters. The van der Waals surface area contributed by atoms with Crippen molar-refractivity contribution in [3.63, 3.8) is 0 Å². The van der Waals surface area contributed by atoms with Crippen LogP contribution in [-0.4, -0.2) is 83.3 Å². The van der Waals surface area contributed by atoms with Gasteiger partial charge in [0.2, 0.25) is 0 Å². The Balaban J connectivity index is 0.000000131. The molecular weight excluding hydrogens is 1880 g/mol. The van der Waals surface area contributed by atoms with E-state index in [0.717, 1.165) is 174 Å². The number of Topliss-reactive ketones (excluding diaryl/α,β-unsaturated/α-hetero) is 5. The number of terminal acetylenes is 1. The minimum Gasteiger partial charge on any atom is -0.358 e. The van der Waals surface area contributed by atoms with Crippen molar-refractivity contribution in [3.8, 4) is 68.0 Å². The topological polar surface area (TPSA) is 282 Å². The molecular formula is C123H116Cl2FN11O10. The maximum atomic E-state index is 13.5. The number of aromatic nitrogens is 5. The van der Waals surface area contributed by atoms with Crippen LogP contribution in [0, 0.1) is 86.4 Å². The zero-order chi connectivity index (χ0) is 105. The molecule has 20 rings (SSSR count). The SMILES string of the molecule is C#Cc1ccc(C2=N[C@@H](CC(=O)C(C)(C)C)c3onc(C)c3-c3ccccc32)cc1.Cc1noc2c1-c1ccccc1C(c1ccc(Cl)cc1)=N[C@H]2CC(=O)C(C)(C)C.Cc1noc2c1-c1ccccc1C(c1ccc(Cl)cc1)=N[C@H]2CC(=O)C(C)(C)C.Cc1noc2c1-c1ccccc1C(c1ccc(F)cc1)=N[C@H]2CC(=O)C(C)(C)C.[C-]#[N+]c1ccc(C2=N[C@@H](CC(=O)C(C)(C)C)c3onc(C)c3-c3ccccc32)cc1. The number of aryl methyl sites for hydroxylation is 5. The Labute approximate surface area is 866 Å². The number of benzene rings is 10. The second-order valence-electron chi connectivity index (χ2n) is 42.5. The maximum Gasteiger partial charge on any atom is 0.187 e. The monoisotopic (exact) mass is 2000 g/mol. The van der Waals surface area contributed by atoms with Crippen LogP contribution in [0.1, 0.15) is 285 Å². The molecule has 0 fully saturated rings. The van der Waals surface area contributed by atoms with E-state index >= 15 is 0 Å². The van der Waals surface area contributed by atoms with Gasteiger partial charge in [0.15, 0.2) is 34.5 Å². The average molecular weight is 2000 g/mol. The van der Waals surface area contributed by atoms with Crippen molar-refractivity contribution in [2.75, 3.05) is 0 Å². The van der Waals surface area contributed by atoms with Gasteiger partial charge in [-0.25, -0.2) is 9.24 Å². The standard InChI is InChI=1S/C26H24N2O2.C25H23N3O2.2C24H23ClN2O2.C24H23FN2O2/c1-6-17-11-13-18(14-12-17)24-20-10-8-7-9-19(20)23-16(2)28-30-25(23)21(27-24)15-22(29)26(3,4)5;1-15-22-18-8-6-7-9-19(18)23(16-10-12-17(26-5)13-11-16)27-20(24(22)30-28-15)14-21(29)25(2,3)4;3*1-14-21-17-7-5-6-8-18(17)22(15-9-11-16(25)12-10-15)26-19(23(21)29-27-14)13-20(28)24(2,3)4/h1,7-14,21H,15H2,2-5H3;6-13,20H,14H2,1-4H3;3*5-12,19H,13H2,1-4H3/t21-;20-;3*19-/m00000/s1. The fourth-order valence-electron chi connectivity index (χ4n) is 18.2. The van der Waals surface area contributed by atoms with Crippen molar-refractivity contribution in [1.29, 1.82) is 0 Å². The molecule has 0 radical (unpaired) electrons. The van der Waals surface area contributed by atoms with Crippen LogP contribution in [0.25, 0.3) is 60.5 Å². The van der Waals surface area contributed by atoms with Gasteiger partial charge in [-0.05, 0) is 129 Å². The molecule has 744 valence electrons. The molecule has 0 bridgehead atoms. The van der Waals surface area contributed by atoms with Crippen molar-refractivity contribution in [2.45, 2.75) is 201 Å². The summed E-state index contributed by atoms with van der Waals surface area (Å²) in [6, 6.07) is 74.6. The number of halogens is 3. The smallest absolute Gasteiger partial charge is 0.187 e.